The Bertz CT molecular complexity index is 403. The molecule has 1 aromatic carbocycles. The fourth-order valence-corrected chi connectivity index (χ4v) is 1.86. The molecule has 0 aromatic heterocycles. The Balaban J connectivity index is 2.15. The van der Waals surface area contributed by atoms with Crippen LogP contribution in [0.1, 0.15) is 12.5 Å². The number of hydrogen-bond donors (Lipinski definition) is 1. The molecule has 0 spiro atoms. The molecule has 1 unspecified atom stereocenters. The highest BCUT2D eigenvalue weighted by Crippen LogP contribution is 2.32. The van der Waals surface area contributed by atoms with Gasteiger partial charge >= 0.3 is 5.97 Å². The number of para-hydroxylation sites is 1. The smallest absolute Gasteiger partial charge is 0.312 e. The van der Waals surface area contributed by atoms with Crippen LogP contribution in [0.3, 0.4) is 0 Å². The molecule has 0 radical (unpaired) electrons. The van der Waals surface area contributed by atoms with E-state index in [9.17, 15) is 4.79 Å². The number of ether oxygens (including phenoxy) is 2. The van der Waals surface area contributed by atoms with Crippen molar-refractivity contribution in [3.63, 3.8) is 0 Å². The standard InChI is InChI=1S/C12H15NO3/c1-2-15-12(14)9-6-8-4-3-5-10(13)11(8)16-7-9/h3-5,9H,2,6-7,13H2,1H3. The normalized spacial score (nSPS) is 18.4. The van der Waals surface area contributed by atoms with Crippen LogP contribution in [0.2, 0.25) is 0 Å². The molecule has 4 heteroatoms. The number of nitrogens with two attached hydrogens (primary N) is 1. The van der Waals surface area contributed by atoms with Gasteiger partial charge in [0.05, 0.1) is 18.2 Å². The van der Waals surface area contributed by atoms with E-state index in [1.165, 1.54) is 0 Å². The van der Waals surface area contributed by atoms with Crippen LogP contribution in [0.4, 0.5) is 5.69 Å². The van der Waals surface area contributed by atoms with Gasteiger partial charge in [0.2, 0.25) is 0 Å². The van der Waals surface area contributed by atoms with E-state index in [4.69, 9.17) is 15.2 Å². The minimum atomic E-state index is -0.214. The largest absolute Gasteiger partial charge is 0.490 e. The quantitative estimate of drug-likeness (QED) is 0.605. The molecule has 1 aliphatic heterocycles. The van der Waals surface area contributed by atoms with Crippen molar-refractivity contribution in [2.45, 2.75) is 13.3 Å². The molecule has 0 saturated carbocycles. The topological polar surface area (TPSA) is 61.5 Å². The molecule has 0 aliphatic carbocycles. The van der Waals surface area contributed by atoms with E-state index in [0.717, 1.165) is 5.56 Å². The first kappa shape index (κ1) is 10.8. The van der Waals surface area contributed by atoms with Crippen molar-refractivity contribution in [3.05, 3.63) is 23.8 Å². The molecular formula is C12H15NO3. The summed E-state index contributed by atoms with van der Waals surface area (Å²) >= 11 is 0. The minimum Gasteiger partial charge on any atom is -0.490 e. The third kappa shape index (κ3) is 1.96. The van der Waals surface area contributed by atoms with Crippen LogP contribution < -0.4 is 10.5 Å². The van der Waals surface area contributed by atoms with Crippen LogP contribution in [0.5, 0.6) is 5.75 Å². The average molecular weight is 221 g/mol. The summed E-state index contributed by atoms with van der Waals surface area (Å²) in [5, 5.41) is 0. The SMILES string of the molecule is CCOC(=O)C1COc2c(N)cccc2C1. The van der Waals surface area contributed by atoms with Crippen LogP contribution in [0, 0.1) is 5.92 Å². The van der Waals surface area contributed by atoms with Gasteiger partial charge in [-0.3, -0.25) is 4.79 Å². The molecule has 2 N–H and O–H groups in total. The number of nitrogen functional groups attached to an aromatic ring is 1. The number of fused-ring (bicyclic) bond motifs is 1. The van der Waals surface area contributed by atoms with E-state index < -0.39 is 0 Å². The van der Waals surface area contributed by atoms with Crippen molar-refractivity contribution in [1.29, 1.82) is 0 Å². The summed E-state index contributed by atoms with van der Waals surface area (Å²) in [6.45, 7) is 2.55. The average Bonchev–Trinajstić information content (AvgIpc) is 2.29. The minimum absolute atomic E-state index is 0.199. The van der Waals surface area contributed by atoms with Crippen molar-refractivity contribution >= 4 is 11.7 Å². The first-order chi connectivity index (χ1) is 7.72. The van der Waals surface area contributed by atoms with E-state index in [0.29, 0.717) is 31.1 Å². The second-order valence-corrected chi connectivity index (χ2v) is 3.80. The molecular weight excluding hydrogens is 206 g/mol. The molecule has 4 nitrogen and oxygen atoms in total. The summed E-state index contributed by atoms with van der Waals surface area (Å²) in [5.74, 6) is 0.299. The van der Waals surface area contributed by atoms with E-state index in [1.54, 1.807) is 13.0 Å². The predicted octanol–water partition coefficient (Wildman–Crippen LogP) is 1.38. The Morgan fingerprint density at radius 3 is 3.19 bits per heavy atom. The Hall–Kier alpha value is -1.71. The van der Waals surface area contributed by atoms with E-state index >= 15 is 0 Å². The summed E-state index contributed by atoms with van der Waals surface area (Å²) in [5.41, 5.74) is 7.38. The van der Waals surface area contributed by atoms with Gasteiger partial charge in [0.15, 0.2) is 0 Å². The fourth-order valence-electron chi connectivity index (χ4n) is 1.86. The first-order valence-corrected chi connectivity index (χ1v) is 5.39. The Kier molecular flexibility index (Phi) is 2.99. The lowest BCUT2D eigenvalue weighted by atomic mass is 9.96. The van der Waals surface area contributed by atoms with Crippen molar-refractivity contribution in [2.75, 3.05) is 18.9 Å². The van der Waals surface area contributed by atoms with Gasteiger partial charge in [0.25, 0.3) is 0 Å². The van der Waals surface area contributed by atoms with Crippen molar-refractivity contribution in [1.82, 2.24) is 0 Å². The van der Waals surface area contributed by atoms with Crippen LogP contribution >= 0.6 is 0 Å². The number of esters is 1. The first-order valence-electron chi connectivity index (χ1n) is 5.39. The van der Waals surface area contributed by atoms with Gasteiger partial charge in [0.1, 0.15) is 12.4 Å². The molecule has 1 heterocycles. The summed E-state index contributed by atoms with van der Waals surface area (Å²) in [7, 11) is 0. The maximum atomic E-state index is 11.6. The van der Waals surface area contributed by atoms with Crippen LogP contribution in [-0.2, 0) is 16.0 Å². The highest BCUT2D eigenvalue weighted by atomic mass is 16.5. The lowest BCUT2D eigenvalue weighted by Crippen LogP contribution is -2.30. The monoisotopic (exact) mass is 221 g/mol. The number of benzene rings is 1. The molecule has 1 aliphatic rings. The number of rotatable bonds is 2. The molecule has 0 amide bonds. The molecule has 0 fully saturated rings. The third-order valence-electron chi connectivity index (χ3n) is 2.64. The van der Waals surface area contributed by atoms with Crippen molar-refractivity contribution < 1.29 is 14.3 Å². The Morgan fingerprint density at radius 2 is 2.44 bits per heavy atom. The lowest BCUT2D eigenvalue weighted by molar-refractivity contribution is -0.149. The second kappa shape index (κ2) is 4.43. The zero-order chi connectivity index (χ0) is 11.5. The zero-order valence-corrected chi connectivity index (χ0v) is 9.23. The maximum absolute atomic E-state index is 11.6. The molecule has 86 valence electrons. The summed E-state index contributed by atoms with van der Waals surface area (Å²) in [6.07, 6.45) is 0.638. The van der Waals surface area contributed by atoms with Gasteiger partial charge in [-0.05, 0) is 25.0 Å². The predicted molar refractivity (Wildman–Crippen MR) is 60.2 cm³/mol. The molecule has 1 aromatic rings. The van der Waals surface area contributed by atoms with E-state index in [2.05, 4.69) is 0 Å². The van der Waals surface area contributed by atoms with Gasteiger partial charge < -0.3 is 15.2 Å². The third-order valence-corrected chi connectivity index (χ3v) is 2.64. The van der Waals surface area contributed by atoms with E-state index in [-0.39, 0.29) is 11.9 Å². The number of anilines is 1. The van der Waals surface area contributed by atoms with Crippen LogP contribution in [0.15, 0.2) is 18.2 Å². The van der Waals surface area contributed by atoms with Crippen LogP contribution in [0.25, 0.3) is 0 Å². The molecule has 0 saturated heterocycles. The van der Waals surface area contributed by atoms with Gasteiger partial charge in [-0.15, -0.1) is 0 Å². The lowest BCUT2D eigenvalue weighted by Gasteiger charge is -2.24. The molecule has 1 atom stereocenters. The Labute approximate surface area is 94.3 Å². The van der Waals surface area contributed by atoms with Gasteiger partial charge in [0, 0.05) is 0 Å². The number of carbonyl (C=O) groups excluding carboxylic acids is 1. The summed E-state index contributed by atoms with van der Waals surface area (Å²) in [6, 6.07) is 5.59. The molecule has 2 rings (SSSR count). The maximum Gasteiger partial charge on any atom is 0.312 e. The Morgan fingerprint density at radius 1 is 1.62 bits per heavy atom. The second-order valence-electron chi connectivity index (χ2n) is 3.80. The number of hydrogen-bond acceptors (Lipinski definition) is 4. The van der Waals surface area contributed by atoms with Crippen molar-refractivity contribution in [3.8, 4) is 5.75 Å². The summed E-state index contributed by atoms with van der Waals surface area (Å²) < 4.78 is 10.5. The molecule has 0 bridgehead atoms. The highest BCUT2D eigenvalue weighted by molar-refractivity contribution is 5.74. The van der Waals surface area contributed by atoms with Crippen LogP contribution in [-0.4, -0.2) is 19.2 Å². The highest BCUT2D eigenvalue weighted by Gasteiger charge is 2.27. The molecule has 16 heavy (non-hydrogen) atoms. The van der Waals surface area contributed by atoms with Gasteiger partial charge in [-0.25, -0.2) is 0 Å². The summed E-state index contributed by atoms with van der Waals surface area (Å²) in [4.78, 5) is 11.6. The van der Waals surface area contributed by atoms with Crippen molar-refractivity contribution in [2.24, 2.45) is 5.92 Å². The number of carbonyl (C=O) groups is 1. The van der Waals surface area contributed by atoms with E-state index in [1.807, 2.05) is 12.1 Å². The van der Waals surface area contributed by atoms with Gasteiger partial charge in [-0.1, -0.05) is 12.1 Å². The fraction of sp³-hybridized carbons (Fsp3) is 0.417. The van der Waals surface area contributed by atoms with Gasteiger partial charge in [-0.2, -0.15) is 0 Å². The zero-order valence-electron chi connectivity index (χ0n) is 9.23.